The van der Waals surface area contributed by atoms with Gasteiger partial charge in [-0.05, 0) is 42.2 Å². The van der Waals surface area contributed by atoms with Gasteiger partial charge < -0.3 is 10.1 Å². The molecule has 1 aromatic carbocycles. The molecule has 3 rings (SSSR count). The zero-order valence-corrected chi connectivity index (χ0v) is 17.5. The molecule has 1 amide bonds. The van der Waals surface area contributed by atoms with Gasteiger partial charge in [-0.1, -0.05) is 25.1 Å². The normalized spacial score (nSPS) is 11.0. The van der Waals surface area contributed by atoms with Crippen LogP contribution in [0.5, 0.6) is 5.75 Å². The highest BCUT2D eigenvalue weighted by Gasteiger charge is 2.14. The second-order valence-electron chi connectivity index (χ2n) is 6.20. The number of benzene rings is 1. The predicted molar refractivity (Wildman–Crippen MR) is 114 cm³/mol. The van der Waals surface area contributed by atoms with Crippen molar-refractivity contribution in [3.63, 3.8) is 0 Å². The van der Waals surface area contributed by atoms with Crippen molar-refractivity contribution in [1.82, 2.24) is 19.7 Å². The summed E-state index contributed by atoms with van der Waals surface area (Å²) in [7, 11) is 1.58. The lowest BCUT2D eigenvalue weighted by molar-refractivity contribution is -0.117. The van der Waals surface area contributed by atoms with Gasteiger partial charge in [0.25, 0.3) is 0 Å². The number of ether oxygens (including phenoxy) is 1. The molecular formula is C19H23N5O2S2. The van der Waals surface area contributed by atoms with Gasteiger partial charge in [0.2, 0.25) is 10.7 Å². The average molecular weight is 418 g/mol. The van der Waals surface area contributed by atoms with E-state index in [1.807, 2.05) is 46.7 Å². The Morgan fingerprint density at radius 3 is 2.89 bits per heavy atom. The van der Waals surface area contributed by atoms with Crippen molar-refractivity contribution in [3.8, 4) is 16.5 Å². The number of aromatic amines is 1. The first-order chi connectivity index (χ1) is 13.6. The number of H-pyrrole nitrogens is 1. The Labute approximate surface area is 173 Å². The summed E-state index contributed by atoms with van der Waals surface area (Å²) in [6, 6.07) is 11.3. The van der Waals surface area contributed by atoms with Crippen LogP contribution >= 0.6 is 23.6 Å². The third-order valence-electron chi connectivity index (χ3n) is 4.06. The van der Waals surface area contributed by atoms with Crippen molar-refractivity contribution in [2.24, 2.45) is 0 Å². The average Bonchev–Trinajstić information content (AvgIpc) is 3.33. The fourth-order valence-electron chi connectivity index (χ4n) is 2.83. The maximum Gasteiger partial charge on any atom is 0.238 e. The molecule has 0 radical (unpaired) electrons. The van der Waals surface area contributed by atoms with Gasteiger partial charge in [0.05, 0.1) is 30.9 Å². The minimum Gasteiger partial charge on any atom is -0.495 e. The molecule has 2 aromatic heterocycles. The molecule has 2 heterocycles. The van der Waals surface area contributed by atoms with Gasteiger partial charge in [-0.15, -0.1) is 11.3 Å². The maximum absolute atomic E-state index is 12.6. The van der Waals surface area contributed by atoms with Crippen LogP contribution in [-0.2, 0) is 11.5 Å². The number of rotatable bonds is 9. The molecule has 148 valence electrons. The Balaban J connectivity index is 1.68. The topological polar surface area (TPSA) is 75.2 Å². The lowest BCUT2D eigenvalue weighted by Crippen LogP contribution is -2.35. The first-order valence-corrected chi connectivity index (χ1v) is 10.3. The number of carbonyl (C=O) groups is 1. The molecule has 0 unspecified atom stereocenters. The molecule has 0 atom stereocenters. The number of thiophene rings is 1. The van der Waals surface area contributed by atoms with Gasteiger partial charge in [0.15, 0.2) is 5.82 Å². The molecule has 9 heteroatoms. The van der Waals surface area contributed by atoms with Crippen LogP contribution in [0.1, 0.15) is 13.3 Å². The quantitative estimate of drug-likeness (QED) is 0.515. The molecule has 0 aliphatic rings. The number of amides is 1. The highest BCUT2D eigenvalue weighted by atomic mass is 32.1. The van der Waals surface area contributed by atoms with Gasteiger partial charge in [0.1, 0.15) is 5.75 Å². The van der Waals surface area contributed by atoms with Crippen molar-refractivity contribution in [2.45, 2.75) is 20.0 Å². The zero-order valence-electron chi connectivity index (χ0n) is 15.8. The van der Waals surface area contributed by atoms with Crippen LogP contribution in [0.3, 0.4) is 0 Å². The summed E-state index contributed by atoms with van der Waals surface area (Å²) in [5, 5.41) is 8.14. The van der Waals surface area contributed by atoms with Crippen molar-refractivity contribution < 1.29 is 9.53 Å². The molecule has 28 heavy (non-hydrogen) atoms. The second kappa shape index (κ2) is 9.63. The molecule has 3 aromatic rings. The minimum atomic E-state index is -0.109. The van der Waals surface area contributed by atoms with E-state index < -0.39 is 0 Å². The monoisotopic (exact) mass is 417 g/mol. The Kier molecular flexibility index (Phi) is 6.96. The largest absolute Gasteiger partial charge is 0.495 e. The van der Waals surface area contributed by atoms with Gasteiger partial charge in [-0.25, -0.2) is 4.68 Å². The zero-order chi connectivity index (χ0) is 19.9. The van der Waals surface area contributed by atoms with Crippen molar-refractivity contribution >= 4 is 35.1 Å². The van der Waals surface area contributed by atoms with E-state index >= 15 is 0 Å². The first kappa shape index (κ1) is 20.2. The Hall–Kier alpha value is -2.49. The summed E-state index contributed by atoms with van der Waals surface area (Å²) in [6.45, 7) is 3.54. The van der Waals surface area contributed by atoms with E-state index in [9.17, 15) is 4.79 Å². The number of hydrogen-bond donors (Lipinski definition) is 2. The SMILES string of the molecule is CCCN(CC(=O)Nc1ccccc1OC)Cn1[nH]c(-c2cccs2)nc1=S. The van der Waals surface area contributed by atoms with E-state index in [1.165, 1.54) is 0 Å². The summed E-state index contributed by atoms with van der Waals surface area (Å²) < 4.78 is 7.55. The molecule has 0 fully saturated rings. The minimum absolute atomic E-state index is 0.109. The van der Waals surface area contributed by atoms with Crippen molar-refractivity contribution in [1.29, 1.82) is 0 Å². The summed E-state index contributed by atoms with van der Waals surface area (Å²) in [4.78, 5) is 20.0. The number of nitrogens with zero attached hydrogens (tertiary/aromatic N) is 3. The molecule has 7 nitrogen and oxygen atoms in total. The Bertz CT molecular complexity index is 965. The Morgan fingerprint density at radius 2 is 2.18 bits per heavy atom. The van der Waals surface area contributed by atoms with Gasteiger partial charge in [-0.3, -0.25) is 14.8 Å². The maximum atomic E-state index is 12.6. The van der Waals surface area contributed by atoms with E-state index in [0.717, 1.165) is 23.7 Å². The number of hydrogen-bond acceptors (Lipinski definition) is 6. The number of anilines is 1. The fraction of sp³-hybridized carbons (Fsp3) is 0.316. The fourth-order valence-corrected chi connectivity index (χ4v) is 3.69. The standard InChI is InChI=1S/C19H23N5O2S2/c1-3-10-23(12-17(25)20-14-7-4-5-8-15(14)26-2)13-24-19(27)21-18(22-24)16-9-6-11-28-16/h4-9,11H,3,10,12-13H2,1-2H3,(H,20,25)(H,21,22,27). The van der Waals surface area contributed by atoms with Gasteiger partial charge in [0, 0.05) is 6.54 Å². The molecular weight excluding hydrogens is 394 g/mol. The van der Waals surface area contributed by atoms with Gasteiger partial charge >= 0.3 is 0 Å². The van der Waals surface area contributed by atoms with Crippen LogP contribution in [0.15, 0.2) is 41.8 Å². The summed E-state index contributed by atoms with van der Waals surface area (Å²) in [5.74, 6) is 1.27. The predicted octanol–water partition coefficient (Wildman–Crippen LogP) is 3.99. The first-order valence-electron chi connectivity index (χ1n) is 8.96. The summed E-state index contributed by atoms with van der Waals surface area (Å²) >= 11 is 6.98. The lowest BCUT2D eigenvalue weighted by Gasteiger charge is -2.21. The van der Waals surface area contributed by atoms with Crippen LogP contribution < -0.4 is 10.1 Å². The molecule has 0 saturated heterocycles. The summed E-state index contributed by atoms with van der Waals surface area (Å²) in [5.41, 5.74) is 0.657. The van der Waals surface area contributed by atoms with Crippen LogP contribution in [-0.4, -0.2) is 45.8 Å². The molecule has 2 N–H and O–H groups in total. The molecule has 0 aliphatic heterocycles. The van der Waals surface area contributed by atoms with Crippen LogP contribution in [0, 0.1) is 4.77 Å². The molecule has 0 saturated carbocycles. The summed E-state index contributed by atoms with van der Waals surface area (Å²) in [6.07, 6.45) is 0.918. The van der Waals surface area contributed by atoms with Gasteiger partial charge in [-0.2, -0.15) is 4.98 Å². The molecule has 0 aliphatic carbocycles. The number of methoxy groups -OCH3 is 1. The van der Waals surface area contributed by atoms with Crippen molar-refractivity contribution in [3.05, 3.63) is 46.5 Å². The highest BCUT2D eigenvalue weighted by molar-refractivity contribution is 7.71. The van der Waals surface area contributed by atoms with E-state index in [-0.39, 0.29) is 12.5 Å². The van der Waals surface area contributed by atoms with Crippen LogP contribution in [0.25, 0.3) is 10.7 Å². The number of carbonyl (C=O) groups excluding carboxylic acids is 1. The van der Waals surface area contributed by atoms with Crippen LogP contribution in [0.2, 0.25) is 0 Å². The van der Waals surface area contributed by atoms with Crippen LogP contribution in [0.4, 0.5) is 5.69 Å². The third kappa shape index (κ3) is 5.06. The van der Waals surface area contributed by atoms with E-state index in [0.29, 0.717) is 22.9 Å². The highest BCUT2D eigenvalue weighted by Crippen LogP contribution is 2.23. The molecule has 0 spiro atoms. The smallest absolute Gasteiger partial charge is 0.238 e. The number of nitrogens with one attached hydrogen (secondary N) is 2. The number of aromatic nitrogens is 3. The van der Waals surface area contributed by atoms with Crippen molar-refractivity contribution in [2.75, 3.05) is 25.5 Å². The lowest BCUT2D eigenvalue weighted by atomic mass is 10.3. The van der Waals surface area contributed by atoms with E-state index in [4.69, 9.17) is 17.0 Å². The molecule has 0 bridgehead atoms. The van der Waals surface area contributed by atoms with E-state index in [2.05, 4.69) is 22.3 Å². The Morgan fingerprint density at radius 1 is 1.36 bits per heavy atom. The second-order valence-corrected chi connectivity index (χ2v) is 7.52. The number of para-hydroxylation sites is 2. The van der Waals surface area contributed by atoms with E-state index in [1.54, 1.807) is 23.1 Å². The third-order valence-corrected chi connectivity index (χ3v) is 5.25.